The predicted octanol–water partition coefficient (Wildman–Crippen LogP) is 4.80. The molecule has 0 N–H and O–H groups in total. The molecule has 1 atom stereocenters. The Bertz CT molecular complexity index is 543. The molecule has 2 aliphatic carbocycles. The summed E-state index contributed by atoms with van der Waals surface area (Å²) < 4.78 is 0. The third-order valence-electron chi connectivity index (χ3n) is 3.81. The van der Waals surface area contributed by atoms with Crippen LogP contribution in [0.25, 0.3) is 0 Å². The standard InChI is InChI=1S/C18H18/c1-14-13-17(15-7-5-6-8-15)11-12-18(14)16-9-3-2-4-10-16/h2-9,11-13,15-16H,10H2,1H3. The van der Waals surface area contributed by atoms with E-state index in [4.69, 9.17) is 0 Å². The minimum absolute atomic E-state index is 0.472. The highest BCUT2D eigenvalue weighted by Crippen LogP contribution is 2.31. The van der Waals surface area contributed by atoms with Gasteiger partial charge in [0.05, 0.1) is 0 Å². The van der Waals surface area contributed by atoms with Crippen molar-refractivity contribution in [1.29, 1.82) is 0 Å². The van der Waals surface area contributed by atoms with Gasteiger partial charge < -0.3 is 0 Å². The van der Waals surface area contributed by atoms with E-state index >= 15 is 0 Å². The molecule has 90 valence electrons. The van der Waals surface area contributed by atoms with E-state index in [1.807, 2.05) is 0 Å². The van der Waals surface area contributed by atoms with Gasteiger partial charge in [-0.1, -0.05) is 66.8 Å². The third-order valence-corrected chi connectivity index (χ3v) is 3.81. The summed E-state index contributed by atoms with van der Waals surface area (Å²) in [4.78, 5) is 0. The van der Waals surface area contributed by atoms with Crippen molar-refractivity contribution in [2.45, 2.75) is 25.2 Å². The van der Waals surface area contributed by atoms with Crippen LogP contribution in [0.15, 0.2) is 66.8 Å². The van der Waals surface area contributed by atoms with Crippen LogP contribution in [0.2, 0.25) is 0 Å². The van der Waals surface area contributed by atoms with Crippen LogP contribution < -0.4 is 0 Å². The first-order valence-electron chi connectivity index (χ1n) is 6.63. The Hall–Kier alpha value is -1.82. The fraction of sp³-hybridized carbons (Fsp3) is 0.222. The molecule has 0 nitrogen and oxygen atoms in total. The molecule has 0 radical (unpaired) electrons. The summed E-state index contributed by atoms with van der Waals surface area (Å²) in [6.45, 7) is 2.23. The van der Waals surface area contributed by atoms with E-state index in [0.717, 1.165) is 6.42 Å². The molecule has 0 fully saturated rings. The van der Waals surface area contributed by atoms with Crippen molar-refractivity contribution in [3.05, 3.63) is 83.5 Å². The predicted molar refractivity (Wildman–Crippen MR) is 77.8 cm³/mol. The Morgan fingerprint density at radius 1 is 0.944 bits per heavy atom. The highest BCUT2D eigenvalue weighted by molar-refractivity contribution is 5.42. The molecule has 0 saturated heterocycles. The molecule has 18 heavy (non-hydrogen) atoms. The Kier molecular flexibility index (Phi) is 3.02. The summed E-state index contributed by atoms with van der Waals surface area (Å²) in [5.41, 5.74) is 4.27. The summed E-state index contributed by atoms with van der Waals surface area (Å²) in [6, 6.07) is 6.92. The Balaban J connectivity index is 1.89. The maximum Gasteiger partial charge on any atom is 0.0204 e. The lowest BCUT2D eigenvalue weighted by Crippen LogP contribution is -2.00. The van der Waals surface area contributed by atoms with E-state index in [2.05, 4.69) is 73.7 Å². The largest absolute Gasteiger partial charge is 0.0836 e. The van der Waals surface area contributed by atoms with Gasteiger partial charge in [0.2, 0.25) is 0 Å². The molecule has 0 spiro atoms. The van der Waals surface area contributed by atoms with Crippen LogP contribution in [-0.4, -0.2) is 0 Å². The molecule has 0 bridgehead atoms. The van der Waals surface area contributed by atoms with Crippen LogP contribution in [-0.2, 0) is 0 Å². The normalized spacial score (nSPS) is 21.9. The van der Waals surface area contributed by atoms with E-state index < -0.39 is 0 Å². The second-order valence-electron chi connectivity index (χ2n) is 5.07. The molecule has 0 amide bonds. The molecule has 0 aliphatic heterocycles. The minimum atomic E-state index is 0.472. The molecule has 2 aliphatic rings. The van der Waals surface area contributed by atoms with Gasteiger partial charge in [0.25, 0.3) is 0 Å². The van der Waals surface area contributed by atoms with E-state index in [9.17, 15) is 0 Å². The Morgan fingerprint density at radius 2 is 1.72 bits per heavy atom. The molecule has 0 aromatic heterocycles. The Morgan fingerprint density at radius 3 is 2.39 bits per heavy atom. The van der Waals surface area contributed by atoms with Crippen molar-refractivity contribution in [2.75, 3.05) is 0 Å². The molecule has 0 heterocycles. The highest BCUT2D eigenvalue weighted by Gasteiger charge is 2.13. The molecular formula is C18H18. The van der Waals surface area contributed by atoms with Crippen molar-refractivity contribution < 1.29 is 0 Å². The van der Waals surface area contributed by atoms with Crippen LogP contribution in [0, 0.1) is 6.92 Å². The molecule has 3 rings (SSSR count). The zero-order valence-electron chi connectivity index (χ0n) is 10.7. The number of allylic oxidation sites excluding steroid dienone is 8. The zero-order chi connectivity index (χ0) is 12.4. The maximum atomic E-state index is 2.34. The van der Waals surface area contributed by atoms with Crippen LogP contribution in [0.1, 0.15) is 34.9 Å². The zero-order valence-corrected chi connectivity index (χ0v) is 10.7. The lowest BCUT2D eigenvalue weighted by Gasteiger charge is -2.18. The van der Waals surface area contributed by atoms with Gasteiger partial charge in [-0.15, -0.1) is 0 Å². The van der Waals surface area contributed by atoms with Crippen molar-refractivity contribution >= 4 is 0 Å². The lowest BCUT2D eigenvalue weighted by molar-refractivity contribution is 0.843. The van der Waals surface area contributed by atoms with Gasteiger partial charge in [-0.2, -0.15) is 0 Å². The van der Waals surface area contributed by atoms with Gasteiger partial charge in [-0.3, -0.25) is 0 Å². The molecule has 1 aromatic carbocycles. The monoisotopic (exact) mass is 234 g/mol. The minimum Gasteiger partial charge on any atom is -0.0836 e. The van der Waals surface area contributed by atoms with Crippen molar-refractivity contribution in [3.63, 3.8) is 0 Å². The fourth-order valence-corrected chi connectivity index (χ4v) is 2.79. The van der Waals surface area contributed by atoms with Gasteiger partial charge in [0.15, 0.2) is 0 Å². The van der Waals surface area contributed by atoms with E-state index in [0.29, 0.717) is 11.8 Å². The smallest absolute Gasteiger partial charge is 0.0204 e. The lowest BCUT2D eigenvalue weighted by atomic mass is 9.87. The van der Waals surface area contributed by atoms with Gasteiger partial charge in [-0.05, 0) is 30.0 Å². The molecule has 1 unspecified atom stereocenters. The molecular weight excluding hydrogens is 216 g/mol. The highest BCUT2D eigenvalue weighted by atomic mass is 14.2. The quantitative estimate of drug-likeness (QED) is 0.689. The second-order valence-corrected chi connectivity index (χ2v) is 5.07. The first-order chi connectivity index (χ1) is 8.84. The number of benzene rings is 1. The van der Waals surface area contributed by atoms with Gasteiger partial charge in [-0.25, -0.2) is 0 Å². The van der Waals surface area contributed by atoms with Crippen LogP contribution in [0.5, 0.6) is 0 Å². The number of hydrogen-bond donors (Lipinski definition) is 0. The summed E-state index contributed by atoms with van der Waals surface area (Å²) in [6.07, 6.45) is 18.7. The van der Waals surface area contributed by atoms with Crippen molar-refractivity contribution in [3.8, 4) is 0 Å². The summed E-state index contributed by atoms with van der Waals surface area (Å²) in [5, 5.41) is 0. The summed E-state index contributed by atoms with van der Waals surface area (Å²) in [5.74, 6) is 1.03. The summed E-state index contributed by atoms with van der Waals surface area (Å²) in [7, 11) is 0. The number of aryl methyl sites for hydroxylation is 1. The number of hydrogen-bond acceptors (Lipinski definition) is 0. The average Bonchev–Trinajstić information content (AvgIpc) is 2.93. The molecule has 0 heteroatoms. The fourth-order valence-electron chi connectivity index (χ4n) is 2.79. The molecule has 0 saturated carbocycles. The second kappa shape index (κ2) is 4.81. The topological polar surface area (TPSA) is 0 Å². The first-order valence-corrected chi connectivity index (χ1v) is 6.63. The number of rotatable bonds is 2. The average molecular weight is 234 g/mol. The summed E-state index contributed by atoms with van der Waals surface area (Å²) >= 11 is 0. The van der Waals surface area contributed by atoms with Crippen LogP contribution >= 0.6 is 0 Å². The Labute approximate surface area is 109 Å². The van der Waals surface area contributed by atoms with Crippen molar-refractivity contribution in [2.24, 2.45) is 0 Å². The van der Waals surface area contributed by atoms with Gasteiger partial charge in [0, 0.05) is 11.8 Å². The third kappa shape index (κ3) is 2.11. The maximum absolute atomic E-state index is 2.34. The van der Waals surface area contributed by atoms with Gasteiger partial charge >= 0.3 is 0 Å². The van der Waals surface area contributed by atoms with Crippen LogP contribution in [0.3, 0.4) is 0 Å². The van der Waals surface area contributed by atoms with E-state index in [1.165, 1.54) is 16.7 Å². The van der Waals surface area contributed by atoms with E-state index in [-0.39, 0.29) is 0 Å². The SMILES string of the molecule is Cc1cc(C2C=CC=C2)ccc1C1C=CC=CC1. The van der Waals surface area contributed by atoms with E-state index in [1.54, 1.807) is 0 Å². The molecule has 1 aromatic rings. The van der Waals surface area contributed by atoms with Gasteiger partial charge in [0.1, 0.15) is 0 Å². The van der Waals surface area contributed by atoms with Crippen molar-refractivity contribution in [1.82, 2.24) is 0 Å². The van der Waals surface area contributed by atoms with Crippen LogP contribution in [0.4, 0.5) is 0 Å². The first kappa shape index (κ1) is 11.3.